The fourth-order valence-corrected chi connectivity index (χ4v) is 5.33. The number of halogens is 1. The number of aromatic nitrogens is 4. The number of fused-ring (bicyclic) bond motifs is 1. The minimum absolute atomic E-state index is 0.0347. The highest BCUT2D eigenvalue weighted by atomic mass is 19.1. The van der Waals surface area contributed by atoms with Crippen LogP contribution in [-0.2, 0) is 24.4 Å². The first-order valence-electron chi connectivity index (χ1n) is 13.4. The van der Waals surface area contributed by atoms with Gasteiger partial charge in [0.2, 0.25) is 5.88 Å². The molecule has 11 heteroatoms. The van der Waals surface area contributed by atoms with E-state index in [4.69, 9.17) is 24.7 Å². The number of nitrogens with zero attached hydrogens (tertiary/aromatic N) is 5. The molecular formula is C29H29FN6O4. The zero-order valence-electron chi connectivity index (χ0n) is 21.8. The number of rotatable bonds is 9. The van der Waals surface area contributed by atoms with E-state index in [1.165, 1.54) is 6.07 Å². The topological polar surface area (TPSA) is 129 Å². The summed E-state index contributed by atoms with van der Waals surface area (Å²) in [5.41, 5.74) is 3.11. The number of benzene rings is 1. The van der Waals surface area contributed by atoms with Crippen LogP contribution in [-0.4, -0.2) is 61.3 Å². The number of nitrogens with one attached hydrogen (secondary N) is 1. The van der Waals surface area contributed by atoms with Gasteiger partial charge in [-0.3, -0.25) is 4.90 Å². The molecule has 1 aromatic carbocycles. The van der Waals surface area contributed by atoms with Crippen LogP contribution in [0.25, 0.3) is 11.2 Å². The van der Waals surface area contributed by atoms with Crippen molar-refractivity contribution < 1.29 is 23.8 Å². The summed E-state index contributed by atoms with van der Waals surface area (Å²) >= 11 is 0. The number of imidazole rings is 1. The lowest BCUT2D eigenvalue weighted by atomic mass is 9.93. The second-order valence-corrected chi connectivity index (χ2v) is 10.3. The van der Waals surface area contributed by atoms with E-state index in [1.54, 1.807) is 24.3 Å². The lowest BCUT2D eigenvalue weighted by Gasteiger charge is -2.32. The summed E-state index contributed by atoms with van der Waals surface area (Å²) in [6.45, 7) is 3.85. The fraction of sp³-hybridized carbons (Fsp3) is 0.379. The predicted octanol–water partition coefficient (Wildman–Crippen LogP) is 4.22. The van der Waals surface area contributed by atoms with E-state index in [-0.39, 0.29) is 29.9 Å². The second kappa shape index (κ2) is 11.1. The SMILES string of the molecule is N#Cc1ccc(COc2cccc(C3CCN(Cc4nc5[nH]c(C(=O)O)cc5n4CC4CCO4)CC3)n2)c(F)c1. The van der Waals surface area contributed by atoms with Crippen molar-refractivity contribution in [2.75, 3.05) is 19.7 Å². The lowest BCUT2D eigenvalue weighted by molar-refractivity contribution is -0.0592. The molecular weight excluding hydrogens is 515 g/mol. The molecule has 2 fully saturated rings. The van der Waals surface area contributed by atoms with Crippen molar-refractivity contribution in [3.05, 3.63) is 76.6 Å². The van der Waals surface area contributed by atoms with E-state index < -0.39 is 11.8 Å². The summed E-state index contributed by atoms with van der Waals surface area (Å²) in [5, 5.41) is 18.3. The summed E-state index contributed by atoms with van der Waals surface area (Å²) in [5.74, 6) is 0.151. The van der Waals surface area contributed by atoms with Crippen LogP contribution in [0.1, 0.15) is 58.3 Å². The number of nitriles is 1. The van der Waals surface area contributed by atoms with Gasteiger partial charge in [0.25, 0.3) is 0 Å². The summed E-state index contributed by atoms with van der Waals surface area (Å²) in [7, 11) is 0. The van der Waals surface area contributed by atoms with Gasteiger partial charge in [0.15, 0.2) is 5.65 Å². The zero-order chi connectivity index (χ0) is 27.6. The molecule has 206 valence electrons. The first-order chi connectivity index (χ1) is 19.5. The maximum Gasteiger partial charge on any atom is 0.352 e. The molecule has 2 N–H and O–H groups in total. The third-order valence-corrected chi connectivity index (χ3v) is 7.70. The Kier molecular flexibility index (Phi) is 7.19. The van der Waals surface area contributed by atoms with Gasteiger partial charge in [-0.05, 0) is 56.6 Å². The Morgan fingerprint density at radius 3 is 2.73 bits per heavy atom. The quantitative estimate of drug-likeness (QED) is 0.321. The normalized spacial score (nSPS) is 17.9. The Hall–Kier alpha value is -4.27. The van der Waals surface area contributed by atoms with Crippen molar-refractivity contribution in [2.45, 2.75) is 51.0 Å². The minimum atomic E-state index is -1.00. The van der Waals surface area contributed by atoms with Crippen LogP contribution in [0.3, 0.4) is 0 Å². The molecule has 0 amide bonds. The van der Waals surface area contributed by atoms with E-state index in [0.29, 0.717) is 30.2 Å². The average molecular weight is 545 g/mol. The van der Waals surface area contributed by atoms with Gasteiger partial charge < -0.3 is 24.1 Å². The van der Waals surface area contributed by atoms with E-state index in [9.17, 15) is 14.3 Å². The van der Waals surface area contributed by atoms with Gasteiger partial charge in [-0.25, -0.2) is 19.2 Å². The Labute approximate surface area is 230 Å². The molecule has 0 bridgehead atoms. The predicted molar refractivity (Wildman–Crippen MR) is 142 cm³/mol. The Morgan fingerprint density at radius 1 is 1.20 bits per heavy atom. The van der Waals surface area contributed by atoms with Crippen LogP contribution >= 0.6 is 0 Å². The number of aromatic amines is 1. The molecule has 0 radical (unpaired) electrons. The summed E-state index contributed by atoms with van der Waals surface area (Å²) < 4.78 is 27.7. The standard InChI is InChI=1S/C29H29FN6O4/c30-22-12-18(14-31)4-5-20(22)17-40-27-3-1-2-23(32-27)19-6-9-35(10-7-19)16-26-34-28-25(13-24(33-28)29(37)38)36(26)15-21-8-11-39-21/h1-5,12-13,19,21,33H,6-11,15-17H2,(H,37,38). The van der Waals surface area contributed by atoms with E-state index in [1.807, 2.05) is 18.2 Å². The van der Waals surface area contributed by atoms with Crippen LogP contribution in [0.5, 0.6) is 5.88 Å². The summed E-state index contributed by atoms with van der Waals surface area (Å²) in [6.07, 6.45) is 2.96. The van der Waals surface area contributed by atoms with Gasteiger partial charge in [0.1, 0.15) is 23.9 Å². The number of ether oxygens (including phenoxy) is 2. The van der Waals surface area contributed by atoms with Crippen molar-refractivity contribution in [1.82, 2.24) is 24.4 Å². The minimum Gasteiger partial charge on any atom is -0.477 e. The molecule has 3 aromatic heterocycles. The third-order valence-electron chi connectivity index (χ3n) is 7.70. The van der Waals surface area contributed by atoms with E-state index in [0.717, 1.165) is 56.0 Å². The molecule has 0 spiro atoms. The summed E-state index contributed by atoms with van der Waals surface area (Å²) in [4.78, 5) is 26.2. The molecule has 2 aliphatic rings. The molecule has 6 rings (SSSR count). The van der Waals surface area contributed by atoms with Crippen molar-refractivity contribution in [3.8, 4) is 11.9 Å². The number of aromatic carboxylic acids is 1. The van der Waals surface area contributed by atoms with Gasteiger partial charge in [-0.2, -0.15) is 5.26 Å². The highest BCUT2D eigenvalue weighted by molar-refractivity contribution is 5.91. The van der Waals surface area contributed by atoms with Gasteiger partial charge in [0.05, 0.1) is 36.3 Å². The largest absolute Gasteiger partial charge is 0.477 e. The van der Waals surface area contributed by atoms with Crippen molar-refractivity contribution >= 4 is 17.1 Å². The van der Waals surface area contributed by atoms with Gasteiger partial charge in [-0.15, -0.1) is 0 Å². The number of carbonyl (C=O) groups is 1. The fourth-order valence-electron chi connectivity index (χ4n) is 5.33. The first kappa shape index (κ1) is 26.0. The third kappa shape index (κ3) is 5.41. The van der Waals surface area contributed by atoms with Crippen LogP contribution in [0.4, 0.5) is 4.39 Å². The number of carboxylic acid groups (broad SMARTS) is 1. The number of pyridine rings is 1. The maximum absolute atomic E-state index is 14.2. The number of piperidine rings is 1. The number of hydrogen-bond acceptors (Lipinski definition) is 7. The van der Waals surface area contributed by atoms with Crippen molar-refractivity contribution in [1.29, 1.82) is 5.26 Å². The van der Waals surface area contributed by atoms with E-state index >= 15 is 0 Å². The smallest absolute Gasteiger partial charge is 0.352 e. The van der Waals surface area contributed by atoms with Gasteiger partial charge in [0, 0.05) is 29.8 Å². The molecule has 4 aromatic rings. The van der Waals surface area contributed by atoms with Crippen LogP contribution in [0.15, 0.2) is 42.5 Å². The van der Waals surface area contributed by atoms with Crippen LogP contribution in [0.2, 0.25) is 0 Å². The van der Waals surface area contributed by atoms with Crippen LogP contribution < -0.4 is 4.74 Å². The van der Waals surface area contributed by atoms with Gasteiger partial charge >= 0.3 is 5.97 Å². The van der Waals surface area contributed by atoms with E-state index in [2.05, 4.69) is 14.5 Å². The first-order valence-corrected chi connectivity index (χ1v) is 13.4. The monoisotopic (exact) mass is 544 g/mol. The Bertz CT molecular complexity index is 1580. The number of carboxylic acids is 1. The van der Waals surface area contributed by atoms with Crippen molar-refractivity contribution in [2.24, 2.45) is 0 Å². The highest BCUT2D eigenvalue weighted by Crippen LogP contribution is 2.30. The Balaban J connectivity index is 1.08. The van der Waals surface area contributed by atoms with Gasteiger partial charge in [-0.1, -0.05) is 12.1 Å². The van der Waals surface area contributed by atoms with Crippen molar-refractivity contribution in [3.63, 3.8) is 0 Å². The molecule has 1 unspecified atom stereocenters. The highest BCUT2D eigenvalue weighted by Gasteiger charge is 2.27. The lowest BCUT2D eigenvalue weighted by Crippen LogP contribution is -2.35. The second-order valence-electron chi connectivity index (χ2n) is 10.3. The zero-order valence-corrected chi connectivity index (χ0v) is 21.8. The molecule has 2 aliphatic heterocycles. The molecule has 0 saturated carbocycles. The number of likely N-dealkylation sites (tertiary alicyclic amines) is 1. The average Bonchev–Trinajstić information content (AvgIpc) is 3.49. The molecule has 40 heavy (non-hydrogen) atoms. The summed E-state index contributed by atoms with van der Waals surface area (Å²) in [6, 6.07) is 13.6. The van der Waals surface area contributed by atoms with Crippen LogP contribution in [0, 0.1) is 17.1 Å². The molecule has 5 heterocycles. The Morgan fingerprint density at radius 2 is 2.02 bits per heavy atom. The number of H-pyrrole nitrogens is 1. The molecule has 1 atom stereocenters. The number of hydrogen-bond donors (Lipinski definition) is 2. The maximum atomic E-state index is 14.2. The molecule has 0 aliphatic carbocycles. The molecule has 10 nitrogen and oxygen atoms in total. The molecule has 2 saturated heterocycles.